The molecule has 1 aliphatic rings. The molecule has 1 aliphatic heterocycles. The summed E-state index contributed by atoms with van der Waals surface area (Å²) in [5.74, 6) is 0.882. The Morgan fingerprint density at radius 1 is 1.47 bits per heavy atom. The van der Waals surface area contributed by atoms with Crippen molar-refractivity contribution in [3.05, 3.63) is 30.8 Å². The van der Waals surface area contributed by atoms with Gasteiger partial charge in [-0.05, 0) is 31.5 Å². The summed E-state index contributed by atoms with van der Waals surface area (Å²) in [6, 6.07) is 4.42. The number of furan rings is 1. The van der Waals surface area contributed by atoms with E-state index in [1.54, 1.807) is 6.26 Å². The summed E-state index contributed by atoms with van der Waals surface area (Å²) in [7, 11) is 0. The Labute approximate surface area is 101 Å². The van der Waals surface area contributed by atoms with Crippen LogP contribution in [0.2, 0.25) is 0 Å². The largest absolute Gasteiger partial charge is 0.464 e. The van der Waals surface area contributed by atoms with E-state index in [1.165, 1.54) is 19.3 Å². The van der Waals surface area contributed by atoms with Crippen molar-refractivity contribution >= 4 is 0 Å². The highest BCUT2D eigenvalue weighted by Crippen LogP contribution is 2.19. The summed E-state index contributed by atoms with van der Waals surface area (Å²) in [4.78, 5) is 0. The van der Waals surface area contributed by atoms with E-state index in [-0.39, 0.29) is 0 Å². The van der Waals surface area contributed by atoms with Crippen LogP contribution in [-0.2, 0) is 6.54 Å². The molecule has 1 unspecified atom stereocenters. The predicted molar refractivity (Wildman–Crippen MR) is 65.6 cm³/mol. The van der Waals surface area contributed by atoms with Crippen LogP contribution >= 0.6 is 0 Å². The Morgan fingerprint density at radius 3 is 3.24 bits per heavy atom. The monoisotopic (exact) mass is 231 g/mol. The van der Waals surface area contributed by atoms with Gasteiger partial charge in [0.1, 0.15) is 5.76 Å². The zero-order chi connectivity index (χ0) is 11.5. The maximum atomic E-state index is 5.35. The molecule has 0 amide bonds. The summed E-state index contributed by atoms with van der Waals surface area (Å²) in [6.45, 7) is 2.08. The fourth-order valence-electron chi connectivity index (χ4n) is 2.34. The first-order chi connectivity index (χ1) is 8.42. The van der Waals surface area contributed by atoms with Crippen molar-refractivity contribution in [2.45, 2.75) is 31.8 Å². The minimum atomic E-state index is 0.563. The van der Waals surface area contributed by atoms with Gasteiger partial charge in [0.15, 0.2) is 0 Å². The molecule has 0 spiro atoms. The topological polar surface area (TPSA) is 43.0 Å². The number of piperidine rings is 1. The quantitative estimate of drug-likeness (QED) is 0.881. The molecule has 4 nitrogen and oxygen atoms in total. The van der Waals surface area contributed by atoms with Gasteiger partial charge in [-0.1, -0.05) is 6.42 Å². The van der Waals surface area contributed by atoms with Crippen molar-refractivity contribution in [2.75, 3.05) is 6.54 Å². The maximum absolute atomic E-state index is 5.35. The Kier molecular flexibility index (Phi) is 2.96. The van der Waals surface area contributed by atoms with Crippen molar-refractivity contribution in [1.29, 1.82) is 0 Å². The lowest BCUT2D eigenvalue weighted by atomic mass is 10.1. The molecule has 3 rings (SSSR count). The highest BCUT2D eigenvalue weighted by Gasteiger charge is 2.13. The molecular formula is C13H17N3O. The van der Waals surface area contributed by atoms with Crippen molar-refractivity contribution in [3.63, 3.8) is 0 Å². The van der Waals surface area contributed by atoms with Gasteiger partial charge in [-0.3, -0.25) is 4.68 Å². The van der Waals surface area contributed by atoms with Gasteiger partial charge in [0, 0.05) is 12.2 Å². The van der Waals surface area contributed by atoms with Crippen LogP contribution in [0.15, 0.2) is 35.2 Å². The third-order valence-electron chi connectivity index (χ3n) is 3.26. The minimum Gasteiger partial charge on any atom is -0.464 e. The Bertz CT molecular complexity index is 455. The summed E-state index contributed by atoms with van der Waals surface area (Å²) in [5.41, 5.74) is 1.05. The van der Waals surface area contributed by atoms with E-state index in [2.05, 4.69) is 16.6 Å². The van der Waals surface area contributed by atoms with Gasteiger partial charge < -0.3 is 9.73 Å². The van der Waals surface area contributed by atoms with E-state index in [0.29, 0.717) is 6.04 Å². The Morgan fingerprint density at radius 2 is 2.47 bits per heavy atom. The average molecular weight is 231 g/mol. The van der Waals surface area contributed by atoms with E-state index in [0.717, 1.165) is 24.4 Å². The van der Waals surface area contributed by atoms with E-state index in [9.17, 15) is 0 Å². The van der Waals surface area contributed by atoms with Gasteiger partial charge >= 0.3 is 0 Å². The smallest absolute Gasteiger partial charge is 0.137 e. The van der Waals surface area contributed by atoms with Crippen LogP contribution in [0, 0.1) is 0 Å². The molecule has 2 aromatic rings. The summed E-state index contributed by atoms with van der Waals surface area (Å²) in [5, 5.41) is 7.91. The Hall–Kier alpha value is -1.55. The van der Waals surface area contributed by atoms with E-state index >= 15 is 0 Å². The highest BCUT2D eigenvalue weighted by molar-refractivity contribution is 5.54. The molecule has 17 heavy (non-hydrogen) atoms. The molecule has 90 valence electrons. The van der Waals surface area contributed by atoms with Gasteiger partial charge in [-0.25, -0.2) is 0 Å². The molecule has 0 saturated carbocycles. The molecule has 4 heteroatoms. The standard InChI is InChI=1S/C13H17N3O/c1-2-6-14-12(4-1)10-16-9-11(8-15-16)13-5-3-7-17-13/h3,5,7-9,12,14H,1-2,4,6,10H2. The fraction of sp³-hybridized carbons (Fsp3) is 0.462. The van der Waals surface area contributed by atoms with Crippen molar-refractivity contribution in [1.82, 2.24) is 15.1 Å². The molecule has 1 saturated heterocycles. The van der Waals surface area contributed by atoms with Crippen LogP contribution in [0.1, 0.15) is 19.3 Å². The first-order valence-electron chi connectivity index (χ1n) is 6.21. The van der Waals surface area contributed by atoms with Gasteiger partial charge in [0.25, 0.3) is 0 Å². The van der Waals surface area contributed by atoms with Crippen molar-refractivity contribution in [3.8, 4) is 11.3 Å². The molecule has 0 aromatic carbocycles. The summed E-state index contributed by atoms with van der Waals surface area (Å²) >= 11 is 0. The first kappa shape index (κ1) is 10.6. The minimum absolute atomic E-state index is 0.563. The molecule has 2 aromatic heterocycles. The van der Waals surface area contributed by atoms with Gasteiger partial charge in [-0.15, -0.1) is 0 Å². The molecule has 0 aliphatic carbocycles. The molecule has 0 bridgehead atoms. The molecule has 1 N–H and O–H groups in total. The summed E-state index contributed by atoms with van der Waals surface area (Å²) < 4.78 is 7.35. The molecule has 3 heterocycles. The molecule has 1 fully saturated rings. The number of hydrogen-bond acceptors (Lipinski definition) is 3. The van der Waals surface area contributed by atoms with Crippen LogP contribution in [0.5, 0.6) is 0 Å². The molecule has 1 atom stereocenters. The number of nitrogens with one attached hydrogen (secondary N) is 1. The zero-order valence-electron chi connectivity index (χ0n) is 9.80. The highest BCUT2D eigenvalue weighted by atomic mass is 16.3. The lowest BCUT2D eigenvalue weighted by Crippen LogP contribution is -2.37. The van der Waals surface area contributed by atoms with E-state index in [1.807, 2.05) is 23.0 Å². The second-order valence-corrected chi connectivity index (χ2v) is 4.58. The predicted octanol–water partition coefficient (Wildman–Crippen LogP) is 2.29. The van der Waals surface area contributed by atoms with Gasteiger partial charge in [0.05, 0.1) is 24.6 Å². The number of nitrogens with zero attached hydrogens (tertiary/aromatic N) is 2. The third-order valence-corrected chi connectivity index (χ3v) is 3.26. The van der Waals surface area contributed by atoms with E-state index < -0.39 is 0 Å². The Balaban J connectivity index is 1.68. The SMILES string of the molecule is c1coc(-c2cnn(CC3CCCCN3)c2)c1. The normalized spacial score (nSPS) is 20.6. The maximum Gasteiger partial charge on any atom is 0.137 e. The van der Waals surface area contributed by atoms with Crippen molar-refractivity contribution < 1.29 is 4.42 Å². The van der Waals surface area contributed by atoms with Crippen molar-refractivity contribution in [2.24, 2.45) is 0 Å². The lowest BCUT2D eigenvalue weighted by molar-refractivity contribution is 0.351. The van der Waals surface area contributed by atoms with Crippen LogP contribution in [0.4, 0.5) is 0 Å². The fourth-order valence-corrected chi connectivity index (χ4v) is 2.34. The zero-order valence-corrected chi connectivity index (χ0v) is 9.80. The van der Waals surface area contributed by atoms with Crippen LogP contribution in [0.3, 0.4) is 0 Å². The molecule has 0 radical (unpaired) electrons. The number of rotatable bonds is 3. The van der Waals surface area contributed by atoms with Crippen LogP contribution in [0.25, 0.3) is 11.3 Å². The number of aromatic nitrogens is 2. The second-order valence-electron chi connectivity index (χ2n) is 4.58. The second kappa shape index (κ2) is 4.75. The third kappa shape index (κ3) is 2.42. The average Bonchev–Trinajstić information content (AvgIpc) is 3.00. The lowest BCUT2D eigenvalue weighted by Gasteiger charge is -2.23. The summed E-state index contributed by atoms with van der Waals surface area (Å²) in [6.07, 6.45) is 9.47. The van der Waals surface area contributed by atoms with Crippen LogP contribution < -0.4 is 5.32 Å². The van der Waals surface area contributed by atoms with Crippen LogP contribution in [-0.4, -0.2) is 22.4 Å². The molecular weight excluding hydrogens is 214 g/mol. The first-order valence-corrected chi connectivity index (χ1v) is 6.21. The number of hydrogen-bond donors (Lipinski definition) is 1. The van der Waals surface area contributed by atoms with E-state index in [4.69, 9.17) is 4.42 Å². The van der Waals surface area contributed by atoms with Gasteiger partial charge in [0.2, 0.25) is 0 Å². The van der Waals surface area contributed by atoms with Gasteiger partial charge in [-0.2, -0.15) is 5.10 Å².